The van der Waals surface area contributed by atoms with E-state index in [2.05, 4.69) is 6.92 Å². The fourth-order valence-electron chi connectivity index (χ4n) is 0.571. The van der Waals surface area contributed by atoms with E-state index < -0.39 is 0 Å². The van der Waals surface area contributed by atoms with Gasteiger partial charge in [0.25, 0.3) is 0 Å². The lowest BCUT2D eigenvalue weighted by Crippen LogP contribution is -1.97. The minimum Gasteiger partial charge on any atom is -0.330 e. The lowest BCUT2D eigenvalue weighted by molar-refractivity contribution is 0.674. The van der Waals surface area contributed by atoms with Gasteiger partial charge in [-0.2, -0.15) is 0 Å². The van der Waals surface area contributed by atoms with Crippen molar-refractivity contribution in [3.63, 3.8) is 0 Å². The molecule has 3 heteroatoms. The van der Waals surface area contributed by atoms with Crippen molar-refractivity contribution in [3.05, 3.63) is 0 Å². The topological polar surface area (TPSA) is 26.0 Å². The number of unbranched alkanes of at least 4 members (excludes halogenated alkanes) is 3. The summed E-state index contributed by atoms with van der Waals surface area (Å²) in [5.41, 5.74) is 5.27. The van der Waals surface area contributed by atoms with Crippen LogP contribution in [0.25, 0.3) is 0 Å². The van der Waals surface area contributed by atoms with Crippen molar-refractivity contribution < 1.29 is 0 Å². The maximum absolute atomic E-state index is 5.27. The summed E-state index contributed by atoms with van der Waals surface area (Å²) in [6.07, 6.45) is 5.16. The van der Waals surface area contributed by atoms with Gasteiger partial charge in [0.05, 0.1) is 0 Å². The Kier molecular flexibility index (Phi) is 28.9. The molecule has 0 heterocycles. The standard InChI is InChI=1S/C6H15N.BrH.ClH/c1-2-3-4-5-6-7;;/h2-7H2,1H3;2*1H. The van der Waals surface area contributed by atoms with E-state index in [1.54, 1.807) is 0 Å². The molecule has 0 spiro atoms. The van der Waals surface area contributed by atoms with Crippen LogP contribution in [0.2, 0.25) is 0 Å². The first-order valence-corrected chi connectivity index (χ1v) is 3.12. The SMILES string of the molecule is Br.CCCCCCN.Cl. The predicted molar refractivity (Wildman–Crippen MR) is 50.8 cm³/mol. The van der Waals surface area contributed by atoms with Crippen LogP contribution < -0.4 is 5.73 Å². The first-order chi connectivity index (χ1) is 3.41. The second-order valence-electron chi connectivity index (χ2n) is 1.85. The molecule has 0 radical (unpaired) electrons. The Hall–Kier alpha value is 0.730. The highest BCUT2D eigenvalue weighted by Crippen LogP contribution is 1.95. The monoisotopic (exact) mass is 217 g/mol. The smallest absolute Gasteiger partial charge is 0.00773 e. The van der Waals surface area contributed by atoms with Gasteiger partial charge < -0.3 is 5.73 Å². The van der Waals surface area contributed by atoms with E-state index in [9.17, 15) is 0 Å². The normalized spacial score (nSPS) is 7.33. The quantitative estimate of drug-likeness (QED) is 0.721. The molecule has 0 atom stereocenters. The maximum Gasteiger partial charge on any atom is -0.00773 e. The first kappa shape index (κ1) is 16.4. The van der Waals surface area contributed by atoms with Crippen LogP contribution in [-0.2, 0) is 0 Å². The third kappa shape index (κ3) is 17.7. The summed E-state index contributed by atoms with van der Waals surface area (Å²) < 4.78 is 0. The van der Waals surface area contributed by atoms with Crippen molar-refractivity contribution in [2.45, 2.75) is 32.6 Å². The van der Waals surface area contributed by atoms with Crippen molar-refractivity contribution in [3.8, 4) is 0 Å². The summed E-state index contributed by atoms with van der Waals surface area (Å²) in [5.74, 6) is 0. The summed E-state index contributed by atoms with van der Waals surface area (Å²) >= 11 is 0. The van der Waals surface area contributed by atoms with Crippen molar-refractivity contribution in [2.75, 3.05) is 6.54 Å². The number of hydrogen-bond acceptors (Lipinski definition) is 1. The molecule has 0 bridgehead atoms. The molecule has 1 nitrogen and oxygen atoms in total. The van der Waals surface area contributed by atoms with E-state index in [1.165, 1.54) is 25.7 Å². The van der Waals surface area contributed by atoms with Gasteiger partial charge in [-0.3, -0.25) is 0 Å². The molecule has 0 amide bonds. The van der Waals surface area contributed by atoms with E-state index in [1.807, 2.05) is 0 Å². The van der Waals surface area contributed by atoms with Crippen LogP contribution >= 0.6 is 29.4 Å². The van der Waals surface area contributed by atoms with Crippen molar-refractivity contribution in [1.29, 1.82) is 0 Å². The molecule has 0 fully saturated rings. The van der Waals surface area contributed by atoms with Crippen molar-refractivity contribution in [2.24, 2.45) is 5.73 Å². The fourth-order valence-corrected chi connectivity index (χ4v) is 0.571. The molecule has 0 saturated heterocycles. The Morgan fingerprint density at radius 3 is 2.00 bits per heavy atom. The van der Waals surface area contributed by atoms with Crippen LogP contribution in [-0.4, -0.2) is 6.54 Å². The van der Waals surface area contributed by atoms with Crippen molar-refractivity contribution in [1.82, 2.24) is 0 Å². The summed E-state index contributed by atoms with van der Waals surface area (Å²) in [6.45, 7) is 3.07. The minimum absolute atomic E-state index is 0. The summed E-state index contributed by atoms with van der Waals surface area (Å²) in [7, 11) is 0. The average Bonchev–Trinajstić information content (AvgIpc) is 1.69. The lowest BCUT2D eigenvalue weighted by Gasteiger charge is -1.90. The zero-order valence-electron chi connectivity index (χ0n) is 5.93. The fraction of sp³-hybridized carbons (Fsp3) is 1.00. The highest BCUT2D eigenvalue weighted by molar-refractivity contribution is 8.93. The van der Waals surface area contributed by atoms with Gasteiger partial charge in [-0.15, -0.1) is 29.4 Å². The number of nitrogens with two attached hydrogens (primary N) is 1. The third-order valence-electron chi connectivity index (χ3n) is 1.06. The predicted octanol–water partition coefficient (Wildman–Crippen LogP) is 2.53. The Morgan fingerprint density at radius 1 is 1.11 bits per heavy atom. The minimum atomic E-state index is 0. The molecular weight excluding hydrogens is 201 g/mol. The summed E-state index contributed by atoms with van der Waals surface area (Å²) in [6, 6.07) is 0. The molecule has 0 aromatic carbocycles. The molecule has 0 aliphatic rings. The largest absolute Gasteiger partial charge is 0.330 e. The van der Waals surface area contributed by atoms with E-state index in [-0.39, 0.29) is 29.4 Å². The highest BCUT2D eigenvalue weighted by atomic mass is 79.9. The Morgan fingerprint density at radius 2 is 1.67 bits per heavy atom. The molecule has 0 aliphatic carbocycles. The van der Waals surface area contributed by atoms with Gasteiger partial charge in [0.15, 0.2) is 0 Å². The van der Waals surface area contributed by atoms with Crippen LogP contribution in [0.1, 0.15) is 32.6 Å². The van der Waals surface area contributed by atoms with Gasteiger partial charge in [-0.05, 0) is 13.0 Å². The van der Waals surface area contributed by atoms with E-state index in [0.29, 0.717) is 0 Å². The first-order valence-electron chi connectivity index (χ1n) is 3.12. The second-order valence-corrected chi connectivity index (χ2v) is 1.85. The third-order valence-corrected chi connectivity index (χ3v) is 1.06. The molecule has 60 valence electrons. The maximum atomic E-state index is 5.27. The average molecular weight is 219 g/mol. The molecule has 0 aromatic heterocycles. The molecule has 0 rings (SSSR count). The van der Waals surface area contributed by atoms with Gasteiger partial charge in [-0.25, -0.2) is 0 Å². The Labute approximate surface area is 74.6 Å². The Bertz CT molecular complexity index is 32.2. The van der Waals surface area contributed by atoms with Gasteiger partial charge >= 0.3 is 0 Å². The molecule has 0 aliphatic heterocycles. The number of hydrogen-bond donors (Lipinski definition) is 1. The molecular formula is C6H17BrClN. The number of rotatable bonds is 4. The van der Waals surface area contributed by atoms with Gasteiger partial charge in [0.2, 0.25) is 0 Å². The molecule has 0 saturated carbocycles. The lowest BCUT2D eigenvalue weighted by atomic mass is 10.2. The second kappa shape index (κ2) is 15.9. The molecule has 2 N–H and O–H groups in total. The van der Waals surface area contributed by atoms with E-state index in [4.69, 9.17) is 5.73 Å². The van der Waals surface area contributed by atoms with Crippen LogP contribution in [0.15, 0.2) is 0 Å². The zero-order valence-corrected chi connectivity index (χ0v) is 8.46. The van der Waals surface area contributed by atoms with Crippen LogP contribution in [0.5, 0.6) is 0 Å². The number of halogens is 2. The summed E-state index contributed by atoms with van der Waals surface area (Å²) in [5, 5.41) is 0. The zero-order chi connectivity index (χ0) is 5.54. The molecule has 9 heavy (non-hydrogen) atoms. The Balaban J connectivity index is -0.000000180. The molecule has 0 aromatic rings. The van der Waals surface area contributed by atoms with E-state index >= 15 is 0 Å². The highest BCUT2D eigenvalue weighted by Gasteiger charge is 1.80. The van der Waals surface area contributed by atoms with E-state index in [0.717, 1.165) is 6.54 Å². The molecule has 0 unspecified atom stereocenters. The van der Waals surface area contributed by atoms with Gasteiger partial charge in [0.1, 0.15) is 0 Å². The van der Waals surface area contributed by atoms with Crippen LogP contribution in [0.3, 0.4) is 0 Å². The van der Waals surface area contributed by atoms with Gasteiger partial charge in [0, 0.05) is 0 Å². The summed E-state index contributed by atoms with van der Waals surface area (Å²) in [4.78, 5) is 0. The van der Waals surface area contributed by atoms with Crippen LogP contribution in [0, 0.1) is 0 Å². The van der Waals surface area contributed by atoms with Crippen LogP contribution in [0.4, 0.5) is 0 Å². The van der Waals surface area contributed by atoms with Gasteiger partial charge in [-0.1, -0.05) is 26.2 Å². The van der Waals surface area contributed by atoms with Crippen molar-refractivity contribution >= 4 is 29.4 Å².